The summed E-state index contributed by atoms with van der Waals surface area (Å²) < 4.78 is 38.0. The van der Waals surface area contributed by atoms with Crippen LogP contribution < -0.4 is 34.3 Å². The minimum atomic E-state index is -4.71. The number of phenols is 1. The molecular formula is C14H11NaO6S. The molecule has 2 rings (SSSR count). The number of carbonyl (C=O) groups excluding carboxylic acids is 1. The molecular weight excluding hydrogens is 319 g/mol. The third-order valence-corrected chi connectivity index (χ3v) is 3.66. The Bertz CT molecular complexity index is 801. The van der Waals surface area contributed by atoms with Crippen molar-refractivity contribution in [2.24, 2.45) is 0 Å². The molecule has 0 aliphatic rings. The Labute approximate surface area is 149 Å². The molecule has 0 saturated heterocycles. The summed E-state index contributed by atoms with van der Waals surface area (Å²) in [6.45, 7) is 0. The van der Waals surface area contributed by atoms with Gasteiger partial charge in [-0.25, -0.2) is 8.42 Å². The molecule has 0 bridgehead atoms. The van der Waals surface area contributed by atoms with Crippen LogP contribution in [-0.4, -0.2) is 31.0 Å². The summed E-state index contributed by atoms with van der Waals surface area (Å²) in [4.78, 5) is 11.7. The van der Waals surface area contributed by atoms with Gasteiger partial charge in [-0.15, -0.1) is 0 Å². The van der Waals surface area contributed by atoms with Crippen LogP contribution in [0.1, 0.15) is 15.9 Å². The van der Waals surface area contributed by atoms with Crippen LogP contribution in [0.4, 0.5) is 0 Å². The first-order valence-electron chi connectivity index (χ1n) is 5.80. The van der Waals surface area contributed by atoms with Gasteiger partial charge in [-0.05, 0) is 30.3 Å². The van der Waals surface area contributed by atoms with Crippen molar-refractivity contribution < 1.29 is 57.2 Å². The molecule has 22 heavy (non-hydrogen) atoms. The molecule has 0 saturated carbocycles. The largest absolute Gasteiger partial charge is 1.00 e. The molecule has 0 aliphatic carbocycles. The molecule has 0 radical (unpaired) electrons. The first kappa shape index (κ1) is 18.7. The molecule has 2 aromatic rings. The van der Waals surface area contributed by atoms with Gasteiger partial charge in [-0.3, -0.25) is 4.79 Å². The van der Waals surface area contributed by atoms with Gasteiger partial charge in [0, 0.05) is 5.56 Å². The van der Waals surface area contributed by atoms with Crippen molar-refractivity contribution in [3.05, 3.63) is 53.6 Å². The zero-order valence-corrected chi connectivity index (χ0v) is 14.8. The van der Waals surface area contributed by atoms with Gasteiger partial charge >= 0.3 is 29.6 Å². The zero-order valence-electron chi connectivity index (χ0n) is 11.9. The SMILES string of the molecule is COc1cccc(C(=O)c2cc(S(=O)(=O)[O-])ccc2O)c1.[Na+]. The molecule has 8 heteroatoms. The third kappa shape index (κ3) is 4.08. The van der Waals surface area contributed by atoms with E-state index in [0.717, 1.165) is 18.2 Å². The number of methoxy groups -OCH3 is 1. The van der Waals surface area contributed by atoms with Crippen molar-refractivity contribution >= 4 is 15.9 Å². The fraction of sp³-hybridized carbons (Fsp3) is 0.0714. The summed E-state index contributed by atoms with van der Waals surface area (Å²) in [5, 5.41) is 9.71. The molecule has 0 unspecified atom stereocenters. The van der Waals surface area contributed by atoms with Crippen LogP contribution in [0.25, 0.3) is 0 Å². The molecule has 0 amide bonds. The van der Waals surface area contributed by atoms with Crippen molar-refractivity contribution in [2.45, 2.75) is 4.90 Å². The van der Waals surface area contributed by atoms with E-state index in [1.807, 2.05) is 0 Å². The van der Waals surface area contributed by atoms with Gasteiger partial charge in [0.05, 0.1) is 17.6 Å². The third-order valence-electron chi connectivity index (χ3n) is 2.83. The molecule has 0 spiro atoms. The molecule has 6 nitrogen and oxygen atoms in total. The fourth-order valence-electron chi connectivity index (χ4n) is 1.77. The topological polar surface area (TPSA) is 104 Å². The number of carbonyl (C=O) groups is 1. The van der Waals surface area contributed by atoms with E-state index in [-0.39, 0.29) is 40.7 Å². The fourth-order valence-corrected chi connectivity index (χ4v) is 2.27. The normalized spacial score (nSPS) is 10.6. The van der Waals surface area contributed by atoms with Crippen LogP contribution in [0.15, 0.2) is 47.4 Å². The van der Waals surface area contributed by atoms with Gasteiger partial charge in [0.15, 0.2) is 5.78 Å². The zero-order chi connectivity index (χ0) is 15.6. The molecule has 0 heterocycles. The van der Waals surface area contributed by atoms with E-state index in [1.54, 1.807) is 12.1 Å². The summed E-state index contributed by atoms with van der Waals surface area (Å²) in [5.74, 6) is -0.583. The number of rotatable bonds is 4. The minimum Gasteiger partial charge on any atom is -0.744 e. The molecule has 2 aromatic carbocycles. The second kappa shape index (κ2) is 7.26. The van der Waals surface area contributed by atoms with E-state index in [0.29, 0.717) is 5.75 Å². The van der Waals surface area contributed by atoms with Gasteiger partial charge in [-0.1, -0.05) is 12.1 Å². The summed E-state index contributed by atoms with van der Waals surface area (Å²) in [7, 11) is -3.27. The smallest absolute Gasteiger partial charge is 0.744 e. The molecule has 0 aromatic heterocycles. The summed E-state index contributed by atoms with van der Waals surface area (Å²) in [6.07, 6.45) is 0. The Morgan fingerprint density at radius 1 is 1.18 bits per heavy atom. The average Bonchev–Trinajstić information content (AvgIpc) is 2.46. The first-order chi connectivity index (χ1) is 9.82. The van der Waals surface area contributed by atoms with E-state index in [9.17, 15) is 22.9 Å². The van der Waals surface area contributed by atoms with Crippen molar-refractivity contribution in [3.63, 3.8) is 0 Å². The van der Waals surface area contributed by atoms with Gasteiger partial charge < -0.3 is 14.4 Å². The molecule has 0 aliphatic heterocycles. The van der Waals surface area contributed by atoms with Gasteiger partial charge in [0.2, 0.25) is 0 Å². The van der Waals surface area contributed by atoms with E-state index in [4.69, 9.17) is 4.74 Å². The molecule has 0 fully saturated rings. The number of ketones is 1. The van der Waals surface area contributed by atoms with Gasteiger partial charge in [0.25, 0.3) is 0 Å². The maximum atomic E-state index is 12.3. The Morgan fingerprint density at radius 2 is 1.86 bits per heavy atom. The van der Waals surface area contributed by atoms with Crippen LogP contribution in [-0.2, 0) is 10.1 Å². The van der Waals surface area contributed by atoms with E-state index >= 15 is 0 Å². The summed E-state index contributed by atoms with van der Waals surface area (Å²) >= 11 is 0. The average molecular weight is 330 g/mol. The van der Waals surface area contributed by atoms with Crippen molar-refractivity contribution in [2.75, 3.05) is 7.11 Å². The van der Waals surface area contributed by atoms with Crippen LogP contribution in [0.3, 0.4) is 0 Å². The van der Waals surface area contributed by atoms with Crippen LogP contribution in [0, 0.1) is 0 Å². The number of hydrogen-bond acceptors (Lipinski definition) is 6. The van der Waals surface area contributed by atoms with Crippen LogP contribution >= 0.6 is 0 Å². The second-order valence-corrected chi connectivity index (χ2v) is 5.57. The Kier molecular flexibility index (Phi) is 6.16. The minimum absolute atomic E-state index is 0. The van der Waals surface area contributed by atoms with Gasteiger partial charge in [-0.2, -0.15) is 0 Å². The predicted octanol–water partition coefficient (Wildman–Crippen LogP) is -1.46. The number of hydrogen-bond donors (Lipinski definition) is 1. The van der Waals surface area contributed by atoms with Crippen LogP contribution in [0.2, 0.25) is 0 Å². The number of aromatic hydroxyl groups is 1. The summed E-state index contributed by atoms with van der Waals surface area (Å²) in [5.41, 5.74) is -0.0646. The number of phenolic OH excluding ortho intramolecular Hbond substituents is 1. The predicted molar refractivity (Wildman–Crippen MR) is 72.5 cm³/mol. The Morgan fingerprint density at radius 3 is 2.45 bits per heavy atom. The first-order valence-corrected chi connectivity index (χ1v) is 7.21. The standard InChI is InChI=1S/C14H12O6S.Na/c1-20-10-4-2-3-9(7-10)14(16)12-8-11(21(17,18)19)5-6-13(12)15;/h2-8,15H,1H3,(H,17,18,19);/q;+1/p-1. The van der Waals surface area contributed by atoms with Crippen molar-refractivity contribution in [1.82, 2.24) is 0 Å². The Balaban J connectivity index is 0.00000242. The van der Waals surface area contributed by atoms with Crippen molar-refractivity contribution in [3.8, 4) is 11.5 Å². The maximum absolute atomic E-state index is 12.3. The van der Waals surface area contributed by atoms with E-state index in [2.05, 4.69) is 0 Å². The van der Waals surface area contributed by atoms with Crippen molar-refractivity contribution in [1.29, 1.82) is 0 Å². The molecule has 0 atom stereocenters. The monoisotopic (exact) mass is 330 g/mol. The second-order valence-electron chi connectivity index (χ2n) is 4.19. The van der Waals surface area contributed by atoms with Crippen LogP contribution in [0.5, 0.6) is 11.5 Å². The van der Waals surface area contributed by atoms with Gasteiger partial charge in [0.1, 0.15) is 21.6 Å². The quantitative estimate of drug-likeness (QED) is 0.417. The maximum Gasteiger partial charge on any atom is 1.00 e. The molecule has 1 N–H and O–H groups in total. The molecule has 110 valence electrons. The number of benzene rings is 2. The van der Waals surface area contributed by atoms with E-state index in [1.165, 1.54) is 19.2 Å². The summed E-state index contributed by atoms with van der Waals surface area (Å²) in [6, 6.07) is 8.95. The number of ether oxygens (including phenoxy) is 1. The van der Waals surface area contributed by atoms with E-state index < -0.39 is 26.5 Å². The Hall–Kier alpha value is -1.38.